The highest BCUT2D eigenvalue weighted by atomic mass is 35.5. The fraction of sp³-hybridized carbons (Fsp3) is 0.381. The fourth-order valence-electron chi connectivity index (χ4n) is 3.34. The summed E-state index contributed by atoms with van der Waals surface area (Å²) in [6.45, 7) is 4.69. The lowest BCUT2D eigenvalue weighted by molar-refractivity contribution is 0.413. The minimum atomic E-state index is -0.299. The average Bonchev–Trinajstić information content (AvgIpc) is 2.60. The molecule has 0 saturated carbocycles. The van der Waals surface area contributed by atoms with Crippen molar-refractivity contribution in [2.24, 2.45) is 10.7 Å². The van der Waals surface area contributed by atoms with Crippen LogP contribution in [0.3, 0.4) is 0 Å². The summed E-state index contributed by atoms with van der Waals surface area (Å²) in [5.41, 5.74) is 9.15. The molecule has 0 unspecified atom stereocenters. The summed E-state index contributed by atoms with van der Waals surface area (Å²) in [6.07, 6.45) is 4.41. The van der Waals surface area contributed by atoms with Crippen molar-refractivity contribution < 1.29 is 0 Å². The van der Waals surface area contributed by atoms with Crippen LogP contribution in [-0.2, 0) is 12.8 Å². The van der Waals surface area contributed by atoms with Crippen LogP contribution in [0.2, 0.25) is 5.02 Å². The third-order valence-corrected chi connectivity index (χ3v) is 5.20. The number of hydrogen-bond acceptors (Lipinski definition) is 4. The monoisotopic (exact) mass is 370 g/mol. The molecule has 4 nitrogen and oxygen atoms in total. The molecule has 0 amide bonds. The number of nitrogens with zero attached hydrogens (tertiary/aromatic N) is 2. The third kappa shape index (κ3) is 4.50. The minimum absolute atomic E-state index is 0.299. The lowest BCUT2D eigenvalue weighted by Crippen LogP contribution is -2.62. The van der Waals surface area contributed by atoms with Crippen molar-refractivity contribution in [3.05, 3.63) is 64.7 Å². The summed E-state index contributed by atoms with van der Waals surface area (Å²) in [5, 5.41) is 4.03. The smallest absolute Gasteiger partial charge is 0.192 e. The van der Waals surface area contributed by atoms with Gasteiger partial charge in [-0.2, -0.15) is 0 Å². The van der Waals surface area contributed by atoms with E-state index in [1.54, 1.807) is 0 Å². The Labute approximate surface area is 161 Å². The highest BCUT2D eigenvalue weighted by Crippen LogP contribution is 2.29. The predicted octanol–water partition coefficient (Wildman–Crippen LogP) is 4.32. The van der Waals surface area contributed by atoms with Crippen molar-refractivity contribution in [2.75, 3.05) is 11.6 Å². The van der Waals surface area contributed by atoms with Gasteiger partial charge in [0.15, 0.2) is 5.96 Å². The second kappa shape index (κ2) is 8.00. The van der Waals surface area contributed by atoms with E-state index < -0.39 is 0 Å². The number of benzene rings is 2. The molecular weight excluding hydrogens is 344 g/mol. The zero-order valence-corrected chi connectivity index (χ0v) is 16.3. The molecule has 3 N–H and O–H groups in total. The van der Waals surface area contributed by atoms with Crippen molar-refractivity contribution >= 4 is 23.2 Å². The Morgan fingerprint density at radius 3 is 2.54 bits per heavy atom. The second-order valence-corrected chi connectivity index (χ2v) is 7.67. The Bertz CT molecular complexity index is 771. The molecule has 1 aliphatic heterocycles. The Morgan fingerprint density at radius 2 is 1.85 bits per heavy atom. The van der Waals surface area contributed by atoms with E-state index in [0.29, 0.717) is 12.6 Å². The molecule has 0 bridgehead atoms. The van der Waals surface area contributed by atoms with Gasteiger partial charge in [-0.3, -0.25) is 0 Å². The molecule has 0 fully saturated rings. The summed E-state index contributed by atoms with van der Waals surface area (Å²) in [6, 6.07) is 16.9. The fourth-order valence-corrected chi connectivity index (χ4v) is 3.61. The van der Waals surface area contributed by atoms with Crippen LogP contribution < -0.4 is 16.0 Å². The number of unbranched alkanes of at least 4 members (excludes halogenated alkanes) is 1. The van der Waals surface area contributed by atoms with Crippen LogP contribution in [0.1, 0.15) is 37.8 Å². The molecule has 0 spiro atoms. The Morgan fingerprint density at radius 1 is 1.12 bits per heavy atom. The molecule has 0 atom stereocenters. The average molecular weight is 371 g/mol. The van der Waals surface area contributed by atoms with Crippen molar-refractivity contribution in [2.45, 2.75) is 45.2 Å². The van der Waals surface area contributed by atoms with Gasteiger partial charge in [0, 0.05) is 10.7 Å². The molecule has 1 aliphatic rings. The van der Waals surface area contributed by atoms with Gasteiger partial charge >= 0.3 is 0 Å². The molecule has 0 radical (unpaired) electrons. The first-order valence-electron chi connectivity index (χ1n) is 9.14. The maximum absolute atomic E-state index is 6.56. The maximum Gasteiger partial charge on any atom is 0.192 e. The van der Waals surface area contributed by atoms with E-state index in [-0.39, 0.29) is 5.66 Å². The van der Waals surface area contributed by atoms with Gasteiger partial charge in [0.05, 0.1) is 0 Å². The second-order valence-electron chi connectivity index (χ2n) is 7.27. The molecule has 26 heavy (non-hydrogen) atoms. The lowest BCUT2D eigenvalue weighted by atomic mass is 10.0. The zero-order valence-electron chi connectivity index (χ0n) is 15.5. The van der Waals surface area contributed by atoms with E-state index in [2.05, 4.69) is 71.5 Å². The van der Waals surface area contributed by atoms with Gasteiger partial charge in [-0.1, -0.05) is 48.0 Å². The SMILES string of the molecule is CC1(C)NC(N)=NCN1c1ccc(CCCCc2ccccc2)c(Cl)c1. The first-order valence-corrected chi connectivity index (χ1v) is 9.51. The number of nitrogens with two attached hydrogens (primary N) is 1. The molecule has 3 rings (SSSR count). The number of guanidine groups is 1. The summed E-state index contributed by atoms with van der Waals surface area (Å²) in [4.78, 5) is 6.45. The maximum atomic E-state index is 6.56. The predicted molar refractivity (Wildman–Crippen MR) is 111 cm³/mol. The van der Waals surface area contributed by atoms with Crippen LogP contribution in [0.4, 0.5) is 5.69 Å². The minimum Gasteiger partial charge on any atom is -0.370 e. The number of hydrogen-bond donors (Lipinski definition) is 2. The van der Waals surface area contributed by atoms with Gasteiger partial charge < -0.3 is 16.0 Å². The standard InChI is InChI=1S/C21H27ClN4/c1-21(2)25-20(23)24-15-26(21)18-13-12-17(19(22)14-18)11-7-6-10-16-8-4-3-5-9-16/h3-5,8-9,12-14H,6-7,10-11,15H2,1-2H3,(H3,23,24,25). The van der Waals surface area contributed by atoms with Crippen molar-refractivity contribution in [1.82, 2.24) is 5.32 Å². The number of rotatable bonds is 6. The largest absolute Gasteiger partial charge is 0.370 e. The molecule has 2 aromatic carbocycles. The topological polar surface area (TPSA) is 53.6 Å². The summed E-state index contributed by atoms with van der Waals surface area (Å²) in [7, 11) is 0. The van der Waals surface area contributed by atoms with E-state index in [1.807, 2.05) is 6.07 Å². The van der Waals surface area contributed by atoms with Gasteiger partial charge in [-0.05, 0) is 62.8 Å². The zero-order chi connectivity index (χ0) is 18.6. The van der Waals surface area contributed by atoms with E-state index in [4.69, 9.17) is 17.3 Å². The lowest BCUT2D eigenvalue weighted by Gasteiger charge is -2.43. The third-order valence-electron chi connectivity index (χ3n) is 4.84. The van der Waals surface area contributed by atoms with Gasteiger partial charge in [-0.25, -0.2) is 4.99 Å². The Balaban J connectivity index is 1.59. The summed E-state index contributed by atoms with van der Waals surface area (Å²) < 4.78 is 0. The van der Waals surface area contributed by atoms with Gasteiger partial charge in [-0.15, -0.1) is 0 Å². The summed E-state index contributed by atoms with van der Waals surface area (Å²) in [5.74, 6) is 0.479. The number of aliphatic imine (C=N–C) groups is 1. The number of halogens is 1. The van der Waals surface area contributed by atoms with Crippen molar-refractivity contribution in [1.29, 1.82) is 0 Å². The highest BCUT2D eigenvalue weighted by Gasteiger charge is 2.30. The highest BCUT2D eigenvalue weighted by molar-refractivity contribution is 6.31. The van der Waals surface area contributed by atoms with Gasteiger partial charge in [0.25, 0.3) is 0 Å². The molecule has 1 heterocycles. The number of nitrogens with one attached hydrogen (secondary N) is 1. The van der Waals surface area contributed by atoms with E-state index >= 15 is 0 Å². The molecule has 0 saturated heterocycles. The van der Waals surface area contributed by atoms with Crippen LogP contribution in [0.25, 0.3) is 0 Å². The van der Waals surface area contributed by atoms with E-state index in [9.17, 15) is 0 Å². The molecule has 2 aromatic rings. The van der Waals surface area contributed by atoms with Gasteiger partial charge in [0.1, 0.15) is 12.3 Å². The van der Waals surface area contributed by atoms with Crippen LogP contribution in [0, 0.1) is 0 Å². The van der Waals surface area contributed by atoms with Crippen molar-refractivity contribution in [3.8, 4) is 0 Å². The summed E-state index contributed by atoms with van der Waals surface area (Å²) >= 11 is 6.56. The molecular formula is C21H27ClN4. The normalized spacial score (nSPS) is 16.1. The van der Waals surface area contributed by atoms with E-state index in [1.165, 1.54) is 17.5 Å². The van der Waals surface area contributed by atoms with Crippen LogP contribution in [0.15, 0.2) is 53.5 Å². The first kappa shape index (κ1) is 18.6. The van der Waals surface area contributed by atoms with Crippen LogP contribution >= 0.6 is 11.6 Å². The quantitative estimate of drug-likeness (QED) is 0.744. The first-order chi connectivity index (χ1) is 12.5. The number of aryl methyl sites for hydroxylation is 2. The molecule has 0 aromatic heterocycles. The van der Waals surface area contributed by atoms with Gasteiger partial charge in [0.2, 0.25) is 0 Å². The molecule has 5 heteroatoms. The molecule has 138 valence electrons. The number of anilines is 1. The van der Waals surface area contributed by atoms with Crippen LogP contribution in [-0.4, -0.2) is 18.3 Å². The Kier molecular flexibility index (Phi) is 5.72. The molecule has 0 aliphatic carbocycles. The Hall–Kier alpha value is -2.20. The van der Waals surface area contributed by atoms with E-state index in [0.717, 1.165) is 30.0 Å². The van der Waals surface area contributed by atoms with Crippen molar-refractivity contribution in [3.63, 3.8) is 0 Å². The van der Waals surface area contributed by atoms with Crippen LogP contribution in [0.5, 0.6) is 0 Å².